The van der Waals surface area contributed by atoms with Crippen LogP contribution in [-0.2, 0) is 4.79 Å². The second-order valence-corrected chi connectivity index (χ2v) is 5.25. The minimum absolute atomic E-state index is 0.00182. The van der Waals surface area contributed by atoms with E-state index in [1.165, 1.54) is 18.3 Å². The Morgan fingerprint density at radius 1 is 1.21 bits per heavy atom. The molecule has 24 heavy (non-hydrogen) atoms. The zero-order valence-electron chi connectivity index (χ0n) is 13.4. The summed E-state index contributed by atoms with van der Waals surface area (Å²) in [5, 5.41) is 14.3. The highest BCUT2D eigenvalue weighted by atomic mass is 16.6. The van der Waals surface area contributed by atoms with E-state index in [9.17, 15) is 14.9 Å². The maximum Gasteiger partial charge on any atom is 0.277 e. The van der Waals surface area contributed by atoms with Crippen LogP contribution in [0.4, 0.5) is 5.69 Å². The van der Waals surface area contributed by atoms with Crippen LogP contribution in [0.5, 0.6) is 5.75 Å². The number of carbonyl (C=O) groups is 1. The summed E-state index contributed by atoms with van der Waals surface area (Å²) in [6.45, 7) is 3.75. The number of nitro groups is 1. The number of hydrogen-bond donors (Lipinski definition) is 1. The van der Waals surface area contributed by atoms with Gasteiger partial charge < -0.3 is 4.74 Å². The Morgan fingerprint density at radius 3 is 2.42 bits per heavy atom. The third-order valence-electron chi connectivity index (χ3n) is 3.07. The number of ether oxygens (including phenoxy) is 1. The molecule has 0 unspecified atom stereocenters. The largest absolute Gasteiger partial charge is 0.484 e. The Balaban J connectivity index is 1.83. The van der Waals surface area contributed by atoms with Gasteiger partial charge >= 0.3 is 0 Å². The van der Waals surface area contributed by atoms with Gasteiger partial charge in [-0.1, -0.05) is 6.07 Å². The van der Waals surface area contributed by atoms with Crippen LogP contribution in [0.3, 0.4) is 0 Å². The predicted molar refractivity (Wildman–Crippen MR) is 90.2 cm³/mol. The van der Waals surface area contributed by atoms with Gasteiger partial charge in [-0.3, -0.25) is 14.9 Å². The molecule has 0 spiro atoms. The van der Waals surface area contributed by atoms with E-state index in [0.717, 1.165) is 11.1 Å². The molecule has 0 aliphatic heterocycles. The number of benzene rings is 2. The quantitative estimate of drug-likeness (QED) is 0.501. The monoisotopic (exact) mass is 327 g/mol. The van der Waals surface area contributed by atoms with Crippen molar-refractivity contribution < 1.29 is 14.5 Å². The smallest absolute Gasteiger partial charge is 0.277 e. The summed E-state index contributed by atoms with van der Waals surface area (Å²) in [6, 6.07) is 11.5. The molecule has 0 atom stereocenters. The number of nitrogens with zero attached hydrogens (tertiary/aromatic N) is 2. The number of carbonyl (C=O) groups excluding carboxylic acids is 1. The minimum atomic E-state index is -0.479. The Morgan fingerprint density at radius 2 is 1.83 bits per heavy atom. The Kier molecular flexibility index (Phi) is 5.62. The molecule has 0 aliphatic rings. The predicted octanol–water partition coefficient (Wildman–Crippen LogP) is 2.74. The molecule has 2 rings (SSSR count). The molecule has 0 fully saturated rings. The molecular weight excluding hydrogens is 310 g/mol. The third kappa shape index (κ3) is 5.20. The van der Waals surface area contributed by atoms with E-state index in [2.05, 4.69) is 10.5 Å². The van der Waals surface area contributed by atoms with E-state index >= 15 is 0 Å². The van der Waals surface area contributed by atoms with Gasteiger partial charge in [-0.15, -0.1) is 0 Å². The van der Waals surface area contributed by atoms with Crippen molar-refractivity contribution in [1.29, 1.82) is 0 Å². The van der Waals surface area contributed by atoms with E-state index in [1.807, 2.05) is 32.0 Å². The van der Waals surface area contributed by atoms with E-state index in [-0.39, 0.29) is 12.3 Å². The van der Waals surface area contributed by atoms with Gasteiger partial charge in [0.2, 0.25) is 0 Å². The lowest BCUT2D eigenvalue weighted by atomic mass is 10.1. The van der Waals surface area contributed by atoms with Gasteiger partial charge in [0, 0.05) is 12.1 Å². The Labute approximate surface area is 139 Å². The lowest BCUT2D eigenvalue weighted by Gasteiger charge is -2.07. The fourth-order valence-corrected chi connectivity index (χ4v) is 2.06. The van der Waals surface area contributed by atoms with Crippen LogP contribution in [-0.4, -0.2) is 23.7 Å². The van der Waals surface area contributed by atoms with Gasteiger partial charge in [-0.2, -0.15) is 5.10 Å². The molecule has 124 valence electrons. The van der Waals surface area contributed by atoms with Gasteiger partial charge in [0.1, 0.15) is 5.75 Å². The molecule has 7 nitrogen and oxygen atoms in total. The maximum absolute atomic E-state index is 11.7. The average molecular weight is 327 g/mol. The van der Waals surface area contributed by atoms with Gasteiger partial charge in [0.15, 0.2) is 6.61 Å². The summed E-state index contributed by atoms with van der Waals surface area (Å²) < 4.78 is 5.41. The van der Waals surface area contributed by atoms with Gasteiger partial charge in [-0.25, -0.2) is 5.43 Å². The highest BCUT2D eigenvalue weighted by Gasteiger charge is 2.04. The van der Waals surface area contributed by atoms with Crippen molar-refractivity contribution in [3.05, 3.63) is 69.3 Å². The highest BCUT2D eigenvalue weighted by molar-refractivity contribution is 5.83. The van der Waals surface area contributed by atoms with Crippen molar-refractivity contribution >= 4 is 17.8 Å². The average Bonchev–Trinajstić information content (AvgIpc) is 2.52. The van der Waals surface area contributed by atoms with Crippen LogP contribution in [0.15, 0.2) is 47.6 Å². The molecule has 0 saturated carbocycles. The molecule has 0 heterocycles. The summed E-state index contributed by atoms with van der Waals surface area (Å²) in [5.41, 5.74) is 5.09. The molecule has 1 amide bonds. The number of hydrogen-bond acceptors (Lipinski definition) is 5. The van der Waals surface area contributed by atoms with E-state index in [1.54, 1.807) is 12.1 Å². The molecule has 0 aliphatic carbocycles. The van der Waals surface area contributed by atoms with Crippen molar-refractivity contribution in [2.45, 2.75) is 13.8 Å². The molecule has 1 N–H and O–H groups in total. The first-order chi connectivity index (χ1) is 11.4. The molecule has 0 bridgehead atoms. The van der Waals surface area contributed by atoms with Crippen LogP contribution in [0.2, 0.25) is 0 Å². The number of nitrogens with one attached hydrogen (secondary N) is 1. The van der Waals surface area contributed by atoms with Gasteiger partial charge in [0.25, 0.3) is 11.6 Å². The van der Waals surface area contributed by atoms with Crippen molar-refractivity contribution in [2.24, 2.45) is 5.10 Å². The SMILES string of the molecule is Cc1cc(C)cc(OCC(=O)NN=Cc2ccc([N+](=O)[O-])cc2)c1. The summed E-state index contributed by atoms with van der Waals surface area (Å²) in [4.78, 5) is 21.7. The summed E-state index contributed by atoms with van der Waals surface area (Å²) in [6.07, 6.45) is 1.40. The first kappa shape index (κ1) is 17.1. The number of hydrazone groups is 1. The first-order valence-electron chi connectivity index (χ1n) is 7.21. The normalized spacial score (nSPS) is 10.6. The zero-order valence-corrected chi connectivity index (χ0v) is 13.4. The summed E-state index contributed by atoms with van der Waals surface area (Å²) >= 11 is 0. The number of aryl methyl sites for hydroxylation is 2. The van der Waals surface area contributed by atoms with Gasteiger partial charge in [-0.05, 0) is 54.8 Å². The fraction of sp³-hybridized carbons (Fsp3) is 0.176. The second kappa shape index (κ2) is 7.87. The molecule has 2 aromatic carbocycles. The molecule has 0 saturated heterocycles. The molecular formula is C17H17N3O4. The summed E-state index contributed by atoms with van der Waals surface area (Å²) in [7, 11) is 0. The topological polar surface area (TPSA) is 93.8 Å². The van der Waals surface area contributed by atoms with Crippen LogP contribution < -0.4 is 10.2 Å². The Bertz CT molecular complexity index is 750. The van der Waals surface area contributed by atoms with E-state index in [4.69, 9.17) is 4.74 Å². The lowest BCUT2D eigenvalue weighted by molar-refractivity contribution is -0.384. The van der Waals surface area contributed by atoms with Gasteiger partial charge in [0.05, 0.1) is 11.1 Å². The van der Waals surface area contributed by atoms with Crippen LogP contribution in [0.25, 0.3) is 0 Å². The van der Waals surface area contributed by atoms with Crippen molar-refractivity contribution in [2.75, 3.05) is 6.61 Å². The first-order valence-corrected chi connectivity index (χ1v) is 7.21. The maximum atomic E-state index is 11.7. The number of rotatable bonds is 6. The van der Waals surface area contributed by atoms with Crippen molar-refractivity contribution in [3.8, 4) is 5.75 Å². The number of nitro benzene ring substituents is 1. The van der Waals surface area contributed by atoms with Crippen LogP contribution >= 0.6 is 0 Å². The Hall–Kier alpha value is -3.22. The number of non-ortho nitro benzene ring substituents is 1. The molecule has 0 radical (unpaired) electrons. The molecule has 0 aromatic heterocycles. The summed E-state index contributed by atoms with van der Waals surface area (Å²) in [5.74, 6) is 0.231. The van der Waals surface area contributed by atoms with Crippen LogP contribution in [0, 0.1) is 24.0 Å². The van der Waals surface area contributed by atoms with Crippen LogP contribution in [0.1, 0.15) is 16.7 Å². The standard InChI is InChI=1S/C17H17N3O4/c1-12-7-13(2)9-16(8-12)24-11-17(21)19-18-10-14-3-5-15(6-4-14)20(22)23/h3-10H,11H2,1-2H3,(H,19,21). The fourth-order valence-electron chi connectivity index (χ4n) is 2.06. The second-order valence-electron chi connectivity index (χ2n) is 5.25. The third-order valence-corrected chi connectivity index (χ3v) is 3.07. The minimum Gasteiger partial charge on any atom is -0.484 e. The van der Waals surface area contributed by atoms with Crippen molar-refractivity contribution in [1.82, 2.24) is 5.43 Å². The van der Waals surface area contributed by atoms with Crippen molar-refractivity contribution in [3.63, 3.8) is 0 Å². The van der Waals surface area contributed by atoms with E-state index in [0.29, 0.717) is 11.3 Å². The molecule has 7 heteroatoms. The molecule has 2 aromatic rings. The zero-order chi connectivity index (χ0) is 17.5. The highest BCUT2D eigenvalue weighted by Crippen LogP contribution is 2.16. The van der Waals surface area contributed by atoms with E-state index < -0.39 is 10.8 Å². The lowest BCUT2D eigenvalue weighted by Crippen LogP contribution is -2.24. The number of amides is 1.